The van der Waals surface area contributed by atoms with Gasteiger partial charge >= 0.3 is 5.97 Å². The minimum absolute atomic E-state index is 0.00460. The van der Waals surface area contributed by atoms with Gasteiger partial charge in [-0.05, 0) is 36.2 Å². The van der Waals surface area contributed by atoms with Crippen molar-refractivity contribution in [1.82, 2.24) is 10.0 Å². The van der Waals surface area contributed by atoms with Crippen LogP contribution >= 0.6 is 0 Å². The molecule has 2 rings (SSSR count). The Kier molecular flexibility index (Phi) is 7.32. The number of esters is 1. The van der Waals surface area contributed by atoms with E-state index in [4.69, 9.17) is 4.74 Å². The van der Waals surface area contributed by atoms with Gasteiger partial charge in [0, 0.05) is 12.6 Å². The molecule has 0 aliphatic heterocycles. The quantitative estimate of drug-likeness (QED) is 0.635. The van der Waals surface area contributed by atoms with Crippen LogP contribution in [0, 0.1) is 0 Å². The molecule has 0 saturated heterocycles. The van der Waals surface area contributed by atoms with Crippen LogP contribution in [-0.2, 0) is 24.3 Å². The molecule has 2 aromatic rings. The van der Waals surface area contributed by atoms with E-state index in [1.165, 1.54) is 6.07 Å². The molecule has 2 aromatic carbocycles. The largest absolute Gasteiger partial charge is 0.456 e. The van der Waals surface area contributed by atoms with Gasteiger partial charge in [-0.3, -0.25) is 9.59 Å². The smallest absolute Gasteiger partial charge is 0.307 e. The maximum atomic E-state index is 12.4. The lowest BCUT2D eigenvalue weighted by Crippen LogP contribution is -2.35. The molecule has 8 heteroatoms. The van der Waals surface area contributed by atoms with Gasteiger partial charge < -0.3 is 10.1 Å². The highest BCUT2D eigenvalue weighted by Gasteiger charge is 2.15. The van der Waals surface area contributed by atoms with Crippen molar-refractivity contribution in [3.8, 4) is 0 Å². The molecule has 1 atom stereocenters. The molecule has 0 bridgehead atoms. The Balaban J connectivity index is 1.82. The normalized spacial score (nSPS) is 12.5. The lowest BCUT2D eigenvalue weighted by Gasteiger charge is -2.11. The first-order chi connectivity index (χ1) is 12.8. The van der Waals surface area contributed by atoms with Gasteiger partial charge in [0.1, 0.15) is 0 Å². The summed E-state index contributed by atoms with van der Waals surface area (Å²) in [6.45, 7) is 3.29. The van der Waals surface area contributed by atoms with Crippen LogP contribution in [-0.4, -0.2) is 39.5 Å². The second kappa shape index (κ2) is 9.48. The third-order valence-corrected chi connectivity index (χ3v) is 5.50. The van der Waals surface area contributed by atoms with Crippen LogP contribution in [0.15, 0.2) is 47.4 Å². The molecule has 0 radical (unpaired) electrons. The molecule has 0 unspecified atom stereocenters. The second-order valence-corrected chi connectivity index (χ2v) is 7.96. The zero-order valence-corrected chi connectivity index (χ0v) is 16.2. The summed E-state index contributed by atoms with van der Waals surface area (Å²) in [5.74, 6) is -1.02. The second-order valence-electron chi connectivity index (χ2n) is 6.19. The van der Waals surface area contributed by atoms with E-state index in [1.54, 1.807) is 12.1 Å². The van der Waals surface area contributed by atoms with Gasteiger partial charge in [-0.1, -0.05) is 37.3 Å². The highest BCUT2D eigenvalue weighted by molar-refractivity contribution is 7.89. The summed E-state index contributed by atoms with van der Waals surface area (Å²) < 4.78 is 31.9. The Morgan fingerprint density at radius 2 is 1.81 bits per heavy atom. The van der Waals surface area contributed by atoms with E-state index in [1.807, 2.05) is 38.1 Å². The van der Waals surface area contributed by atoms with Crippen molar-refractivity contribution >= 4 is 32.7 Å². The molecule has 7 nitrogen and oxygen atoms in total. The van der Waals surface area contributed by atoms with Gasteiger partial charge in [0.2, 0.25) is 10.0 Å². The number of amides is 1. The number of rotatable bonds is 9. The Bertz CT molecular complexity index is 911. The molecule has 0 saturated carbocycles. The van der Waals surface area contributed by atoms with Gasteiger partial charge in [0.05, 0.1) is 11.3 Å². The maximum Gasteiger partial charge on any atom is 0.307 e. The zero-order valence-electron chi connectivity index (χ0n) is 15.4. The predicted octanol–water partition coefficient (Wildman–Crippen LogP) is 1.97. The van der Waals surface area contributed by atoms with E-state index in [0.29, 0.717) is 0 Å². The SMILES string of the molecule is CC[C@@H](C)NC(=O)COC(=O)CCNS(=O)(=O)c1ccc2ccccc2c1. The van der Waals surface area contributed by atoms with Crippen molar-refractivity contribution < 1.29 is 22.7 Å². The third-order valence-electron chi connectivity index (χ3n) is 4.04. The summed E-state index contributed by atoms with van der Waals surface area (Å²) in [7, 11) is -3.74. The number of hydrogen-bond donors (Lipinski definition) is 2. The van der Waals surface area contributed by atoms with Gasteiger partial charge in [0.25, 0.3) is 5.91 Å². The Morgan fingerprint density at radius 1 is 1.11 bits per heavy atom. The van der Waals surface area contributed by atoms with E-state index >= 15 is 0 Å². The number of hydrogen-bond acceptors (Lipinski definition) is 5. The number of carbonyl (C=O) groups is 2. The van der Waals surface area contributed by atoms with Crippen molar-refractivity contribution in [3.05, 3.63) is 42.5 Å². The zero-order chi connectivity index (χ0) is 19.9. The van der Waals surface area contributed by atoms with Crippen LogP contribution in [0.1, 0.15) is 26.7 Å². The molecule has 1 amide bonds. The number of carbonyl (C=O) groups excluding carboxylic acids is 2. The minimum Gasteiger partial charge on any atom is -0.456 e. The summed E-state index contributed by atoms with van der Waals surface area (Å²) >= 11 is 0. The molecule has 27 heavy (non-hydrogen) atoms. The molecule has 0 spiro atoms. The van der Waals surface area contributed by atoms with Crippen molar-refractivity contribution in [1.29, 1.82) is 0 Å². The van der Waals surface area contributed by atoms with E-state index < -0.39 is 16.0 Å². The van der Waals surface area contributed by atoms with E-state index in [9.17, 15) is 18.0 Å². The van der Waals surface area contributed by atoms with Gasteiger partial charge in [-0.25, -0.2) is 13.1 Å². The van der Waals surface area contributed by atoms with Crippen LogP contribution in [0.5, 0.6) is 0 Å². The lowest BCUT2D eigenvalue weighted by molar-refractivity contribution is -0.148. The Morgan fingerprint density at radius 3 is 2.52 bits per heavy atom. The fraction of sp³-hybridized carbons (Fsp3) is 0.368. The molecule has 2 N–H and O–H groups in total. The molecule has 0 aromatic heterocycles. The van der Waals surface area contributed by atoms with Crippen LogP contribution in [0.4, 0.5) is 0 Å². The van der Waals surface area contributed by atoms with Crippen molar-refractivity contribution in [2.45, 2.75) is 37.6 Å². The Hall–Kier alpha value is -2.45. The molecular formula is C19H24N2O5S. The van der Waals surface area contributed by atoms with Gasteiger partial charge in [0.15, 0.2) is 6.61 Å². The lowest BCUT2D eigenvalue weighted by atomic mass is 10.1. The summed E-state index contributed by atoms with van der Waals surface area (Å²) in [6, 6.07) is 12.3. The number of fused-ring (bicyclic) bond motifs is 1. The molecule has 0 fully saturated rings. The van der Waals surface area contributed by atoms with Crippen molar-refractivity contribution in [2.75, 3.05) is 13.2 Å². The highest BCUT2D eigenvalue weighted by atomic mass is 32.2. The van der Waals surface area contributed by atoms with Crippen molar-refractivity contribution in [2.24, 2.45) is 0 Å². The third kappa shape index (κ3) is 6.33. The highest BCUT2D eigenvalue weighted by Crippen LogP contribution is 2.18. The maximum absolute atomic E-state index is 12.4. The molecule has 146 valence electrons. The van der Waals surface area contributed by atoms with E-state index in [0.717, 1.165) is 17.2 Å². The van der Waals surface area contributed by atoms with Crippen LogP contribution in [0.25, 0.3) is 10.8 Å². The monoisotopic (exact) mass is 392 g/mol. The summed E-state index contributed by atoms with van der Waals surface area (Å²) in [5, 5.41) is 4.43. The van der Waals surface area contributed by atoms with Crippen LogP contribution in [0.2, 0.25) is 0 Å². The fourth-order valence-corrected chi connectivity index (χ4v) is 3.41. The standard InChI is InChI=1S/C19H24N2O5S/c1-3-14(2)21-18(22)13-26-19(23)10-11-20-27(24,25)17-9-8-15-6-4-5-7-16(15)12-17/h4-9,12,14,20H,3,10-11,13H2,1-2H3,(H,21,22)/t14-/m1/s1. The average molecular weight is 392 g/mol. The molecular weight excluding hydrogens is 368 g/mol. The van der Waals surface area contributed by atoms with Gasteiger partial charge in [-0.2, -0.15) is 0 Å². The number of ether oxygens (including phenoxy) is 1. The summed E-state index contributed by atoms with van der Waals surface area (Å²) in [6.07, 6.45) is 0.611. The first-order valence-electron chi connectivity index (χ1n) is 8.75. The number of benzene rings is 2. The number of nitrogens with one attached hydrogen (secondary N) is 2. The van der Waals surface area contributed by atoms with E-state index in [2.05, 4.69) is 10.0 Å². The van der Waals surface area contributed by atoms with Crippen LogP contribution in [0.3, 0.4) is 0 Å². The summed E-state index contributed by atoms with van der Waals surface area (Å²) in [5.41, 5.74) is 0. The molecule has 0 aliphatic carbocycles. The molecule has 0 heterocycles. The average Bonchev–Trinajstić information content (AvgIpc) is 2.65. The number of sulfonamides is 1. The predicted molar refractivity (Wildman–Crippen MR) is 103 cm³/mol. The summed E-state index contributed by atoms with van der Waals surface area (Å²) in [4.78, 5) is 23.3. The topological polar surface area (TPSA) is 102 Å². The van der Waals surface area contributed by atoms with Gasteiger partial charge in [-0.15, -0.1) is 0 Å². The fourth-order valence-electron chi connectivity index (χ4n) is 2.34. The first-order valence-corrected chi connectivity index (χ1v) is 10.2. The Labute approximate surface area is 159 Å². The first kappa shape index (κ1) is 20.9. The van der Waals surface area contributed by atoms with Crippen LogP contribution < -0.4 is 10.0 Å². The minimum atomic E-state index is -3.74. The van der Waals surface area contributed by atoms with Crippen molar-refractivity contribution in [3.63, 3.8) is 0 Å². The molecule has 0 aliphatic rings. The van der Waals surface area contributed by atoms with E-state index in [-0.39, 0.29) is 36.4 Å².